The lowest BCUT2D eigenvalue weighted by Crippen LogP contribution is -2.28. The van der Waals surface area contributed by atoms with Crippen LogP contribution < -0.4 is 5.56 Å². The van der Waals surface area contributed by atoms with Gasteiger partial charge in [0.15, 0.2) is 0 Å². The third-order valence-electron chi connectivity index (χ3n) is 4.43. The molecule has 0 radical (unpaired) electrons. The Morgan fingerprint density at radius 1 is 1.35 bits per heavy atom. The molecule has 1 atom stereocenters. The van der Waals surface area contributed by atoms with Gasteiger partial charge < -0.3 is 14.6 Å². The van der Waals surface area contributed by atoms with Crippen LogP contribution >= 0.6 is 11.6 Å². The molecular weight excluding hydrogens is 312 g/mol. The summed E-state index contributed by atoms with van der Waals surface area (Å²) in [7, 11) is 2.05. The maximum absolute atomic E-state index is 12.2. The van der Waals surface area contributed by atoms with Crippen molar-refractivity contribution in [3.05, 3.63) is 45.2 Å². The molecule has 2 aromatic rings. The summed E-state index contributed by atoms with van der Waals surface area (Å²) in [5, 5.41) is 1.64. The number of H-pyrrole nitrogens is 1. The minimum Gasteiger partial charge on any atom is -0.378 e. The SMILES string of the molecule is CN(CC[C@@H]1CCCCO1)Cc1cc2ccc(Cl)cc2[nH]c1=O. The zero-order valence-corrected chi connectivity index (χ0v) is 14.2. The Bertz CT molecular complexity index is 723. The first-order valence-electron chi connectivity index (χ1n) is 8.23. The summed E-state index contributed by atoms with van der Waals surface area (Å²) in [4.78, 5) is 17.3. The van der Waals surface area contributed by atoms with Gasteiger partial charge >= 0.3 is 0 Å². The normalized spacial score (nSPS) is 18.7. The molecule has 23 heavy (non-hydrogen) atoms. The molecule has 1 N–H and O–H groups in total. The number of aromatic nitrogens is 1. The van der Waals surface area contributed by atoms with E-state index >= 15 is 0 Å². The summed E-state index contributed by atoms with van der Waals surface area (Å²) in [6, 6.07) is 7.52. The van der Waals surface area contributed by atoms with E-state index in [-0.39, 0.29) is 5.56 Å². The van der Waals surface area contributed by atoms with Gasteiger partial charge in [0.05, 0.1) is 6.10 Å². The molecule has 124 valence electrons. The monoisotopic (exact) mass is 334 g/mol. The summed E-state index contributed by atoms with van der Waals surface area (Å²) < 4.78 is 5.76. The van der Waals surface area contributed by atoms with Crippen molar-refractivity contribution in [3.63, 3.8) is 0 Å². The number of hydrogen-bond donors (Lipinski definition) is 1. The Kier molecular flexibility index (Phi) is 5.36. The van der Waals surface area contributed by atoms with Crippen LogP contribution in [-0.2, 0) is 11.3 Å². The van der Waals surface area contributed by atoms with Crippen LogP contribution in [0.5, 0.6) is 0 Å². The van der Waals surface area contributed by atoms with Crippen LogP contribution in [0.15, 0.2) is 29.1 Å². The number of fused-ring (bicyclic) bond motifs is 1. The van der Waals surface area contributed by atoms with E-state index in [1.165, 1.54) is 12.8 Å². The second-order valence-electron chi connectivity index (χ2n) is 6.37. The van der Waals surface area contributed by atoms with Crippen LogP contribution in [0, 0.1) is 0 Å². The number of ether oxygens (including phenoxy) is 1. The van der Waals surface area contributed by atoms with Gasteiger partial charge in [-0.3, -0.25) is 4.79 Å². The van der Waals surface area contributed by atoms with Crippen LogP contribution in [0.2, 0.25) is 5.02 Å². The molecule has 1 fully saturated rings. The van der Waals surface area contributed by atoms with Gasteiger partial charge in [-0.25, -0.2) is 0 Å². The molecule has 1 aromatic carbocycles. The molecule has 0 aliphatic carbocycles. The number of pyridine rings is 1. The molecule has 1 saturated heterocycles. The fourth-order valence-electron chi connectivity index (χ4n) is 3.11. The highest BCUT2D eigenvalue weighted by molar-refractivity contribution is 6.31. The van der Waals surface area contributed by atoms with Crippen molar-refractivity contribution in [2.45, 2.75) is 38.3 Å². The fourth-order valence-corrected chi connectivity index (χ4v) is 3.28. The summed E-state index contributed by atoms with van der Waals surface area (Å²) >= 11 is 5.97. The maximum Gasteiger partial charge on any atom is 0.252 e. The van der Waals surface area contributed by atoms with Gasteiger partial charge in [-0.2, -0.15) is 0 Å². The third-order valence-corrected chi connectivity index (χ3v) is 4.67. The Morgan fingerprint density at radius 2 is 2.22 bits per heavy atom. The van der Waals surface area contributed by atoms with Gasteiger partial charge in [0.1, 0.15) is 0 Å². The Labute approximate surface area is 141 Å². The number of rotatable bonds is 5. The average Bonchev–Trinajstić information content (AvgIpc) is 2.55. The quantitative estimate of drug-likeness (QED) is 0.909. The van der Waals surface area contributed by atoms with Gasteiger partial charge in [0.2, 0.25) is 0 Å². The smallest absolute Gasteiger partial charge is 0.252 e. The number of hydrogen-bond acceptors (Lipinski definition) is 3. The van der Waals surface area contributed by atoms with E-state index in [2.05, 4.69) is 9.88 Å². The van der Waals surface area contributed by atoms with Gasteiger partial charge in [0.25, 0.3) is 5.56 Å². The molecule has 1 aromatic heterocycles. The van der Waals surface area contributed by atoms with Gasteiger partial charge in [-0.05, 0) is 56.3 Å². The van der Waals surface area contributed by atoms with Crippen LogP contribution in [0.4, 0.5) is 0 Å². The standard InChI is InChI=1S/C18H23ClN2O2/c1-21(8-7-16-4-2-3-9-23-16)12-14-10-13-5-6-15(19)11-17(13)20-18(14)22/h5-6,10-11,16H,2-4,7-9,12H2,1H3,(H,20,22)/t16-/m0/s1. The predicted octanol–water partition coefficient (Wildman–Crippen LogP) is 3.57. The van der Waals surface area contributed by atoms with E-state index in [4.69, 9.17) is 16.3 Å². The molecule has 0 unspecified atom stereocenters. The van der Waals surface area contributed by atoms with Crippen molar-refractivity contribution in [1.29, 1.82) is 0 Å². The van der Waals surface area contributed by atoms with E-state index in [1.54, 1.807) is 6.07 Å². The molecule has 1 aliphatic rings. The minimum absolute atomic E-state index is 0.0412. The molecule has 0 saturated carbocycles. The van der Waals surface area contributed by atoms with Crippen molar-refractivity contribution in [2.75, 3.05) is 20.2 Å². The summed E-state index contributed by atoms with van der Waals surface area (Å²) in [5.74, 6) is 0. The molecule has 3 rings (SSSR count). The topological polar surface area (TPSA) is 45.3 Å². The second kappa shape index (κ2) is 7.47. The second-order valence-corrected chi connectivity index (χ2v) is 6.81. The average molecular weight is 335 g/mol. The van der Waals surface area contributed by atoms with Crippen molar-refractivity contribution in [1.82, 2.24) is 9.88 Å². The number of aromatic amines is 1. The molecular formula is C18H23ClN2O2. The molecule has 4 nitrogen and oxygen atoms in total. The molecule has 0 amide bonds. The highest BCUT2D eigenvalue weighted by Gasteiger charge is 2.15. The molecule has 0 spiro atoms. The predicted molar refractivity (Wildman–Crippen MR) is 94.1 cm³/mol. The molecule has 0 bridgehead atoms. The lowest BCUT2D eigenvalue weighted by Gasteiger charge is -2.25. The zero-order valence-electron chi connectivity index (χ0n) is 13.5. The van der Waals surface area contributed by atoms with Gasteiger partial charge in [-0.1, -0.05) is 17.7 Å². The van der Waals surface area contributed by atoms with Gasteiger partial charge in [0, 0.05) is 35.8 Å². The van der Waals surface area contributed by atoms with E-state index in [0.717, 1.165) is 42.5 Å². The summed E-state index contributed by atoms with van der Waals surface area (Å²) in [6.07, 6.45) is 5.01. The fraction of sp³-hybridized carbons (Fsp3) is 0.500. The number of nitrogens with zero attached hydrogens (tertiary/aromatic N) is 1. The Morgan fingerprint density at radius 3 is 3.00 bits per heavy atom. The number of nitrogens with one attached hydrogen (secondary N) is 1. The molecule has 2 heterocycles. The first-order valence-corrected chi connectivity index (χ1v) is 8.61. The van der Waals surface area contributed by atoms with E-state index in [9.17, 15) is 4.79 Å². The Balaban J connectivity index is 1.64. The number of benzene rings is 1. The van der Waals surface area contributed by atoms with Crippen molar-refractivity contribution in [2.24, 2.45) is 0 Å². The van der Waals surface area contributed by atoms with Crippen LogP contribution in [0.3, 0.4) is 0 Å². The van der Waals surface area contributed by atoms with Gasteiger partial charge in [-0.15, -0.1) is 0 Å². The first kappa shape index (κ1) is 16.5. The van der Waals surface area contributed by atoms with Crippen LogP contribution in [-0.4, -0.2) is 36.2 Å². The highest BCUT2D eigenvalue weighted by atomic mass is 35.5. The molecule has 5 heteroatoms. The van der Waals surface area contributed by atoms with E-state index in [1.807, 2.05) is 25.2 Å². The minimum atomic E-state index is -0.0412. The maximum atomic E-state index is 12.2. The largest absolute Gasteiger partial charge is 0.378 e. The summed E-state index contributed by atoms with van der Waals surface area (Å²) in [6.45, 7) is 2.46. The van der Waals surface area contributed by atoms with Crippen molar-refractivity contribution < 1.29 is 4.74 Å². The number of halogens is 1. The van der Waals surface area contributed by atoms with Crippen molar-refractivity contribution >= 4 is 22.5 Å². The Hall–Kier alpha value is -1.36. The first-order chi connectivity index (χ1) is 11.1. The third kappa shape index (κ3) is 4.34. The summed E-state index contributed by atoms with van der Waals surface area (Å²) in [5.41, 5.74) is 1.52. The van der Waals surface area contributed by atoms with E-state index < -0.39 is 0 Å². The lowest BCUT2D eigenvalue weighted by atomic mass is 10.1. The highest BCUT2D eigenvalue weighted by Crippen LogP contribution is 2.18. The zero-order chi connectivity index (χ0) is 16.2. The van der Waals surface area contributed by atoms with Crippen LogP contribution in [0.1, 0.15) is 31.2 Å². The van der Waals surface area contributed by atoms with Crippen molar-refractivity contribution in [3.8, 4) is 0 Å². The lowest BCUT2D eigenvalue weighted by molar-refractivity contribution is 0.00640. The molecule has 1 aliphatic heterocycles. The van der Waals surface area contributed by atoms with E-state index in [0.29, 0.717) is 17.7 Å². The van der Waals surface area contributed by atoms with Crippen LogP contribution in [0.25, 0.3) is 10.9 Å².